The third-order valence-electron chi connectivity index (χ3n) is 4.88. The zero-order chi connectivity index (χ0) is 21.2. The van der Waals surface area contributed by atoms with Crippen molar-refractivity contribution in [1.82, 2.24) is 5.32 Å². The lowest BCUT2D eigenvalue weighted by molar-refractivity contribution is -0.146. The minimum absolute atomic E-state index is 0.181. The van der Waals surface area contributed by atoms with Crippen LogP contribution in [0.1, 0.15) is 90.0 Å². The van der Waals surface area contributed by atoms with Crippen LogP contribution in [0.5, 0.6) is 0 Å². The fraction of sp³-hybridized carbons (Fsp3) is 0.667. The van der Waals surface area contributed by atoms with Crippen LogP contribution >= 0.6 is 0 Å². The van der Waals surface area contributed by atoms with Gasteiger partial charge < -0.3 is 14.8 Å². The second-order valence-electron chi connectivity index (χ2n) is 7.54. The molecule has 1 aromatic rings. The Kier molecular flexibility index (Phi) is 14.5. The third-order valence-corrected chi connectivity index (χ3v) is 4.88. The maximum absolute atomic E-state index is 12.4. The Morgan fingerprint density at radius 2 is 1.45 bits per heavy atom. The molecule has 0 aliphatic rings. The molecule has 1 rings (SSSR count). The zero-order valence-electron chi connectivity index (χ0n) is 18.3. The monoisotopic (exact) mass is 405 g/mol. The molecule has 0 saturated heterocycles. The van der Waals surface area contributed by atoms with Crippen LogP contribution in [0.4, 0.5) is 4.79 Å². The van der Waals surface area contributed by atoms with E-state index in [4.69, 9.17) is 9.47 Å². The Balaban J connectivity index is 2.25. The normalized spacial score (nSPS) is 11.7. The van der Waals surface area contributed by atoms with Crippen molar-refractivity contribution in [2.75, 3.05) is 6.61 Å². The first-order valence-corrected chi connectivity index (χ1v) is 11.3. The molecule has 0 spiro atoms. The van der Waals surface area contributed by atoms with Crippen LogP contribution in [0.3, 0.4) is 0 Å². The average molecular weight is 406 g/mol. The van der Waals surface area contributed by atoms with Gasteiger partial charge in [0.05, 0.1) is 6.61 Å². The van der Waals surface area contributed by atoms with Crippen molar-refractivity contribution >= 4 is 12.1 Å². The van der Waals surface area contributed by atoms with Crippen LogP contribution in [-0.2, 0) is 20.9 Å². The zero-order valence-corrected chi connectivity index (χ0v) is 18.3. The standard InChI is InChI=1S/C24H39NO4/c1-3-5-7-8-9-10-11-15-19-28-23(26)22(18-6-4-2)25-24(27)29-20-21-16-13-12-14-17-21/h12-14,16-17,22H,3-11,15,18-20H2,1-2H3,(H,25,27). The van der Waals surface area contributed by atoms with Crippen LogP contribution < -0.4 is 5.32 Å². The molecule has 0 fully saturated rings. The van der Waals surface area contributed by atoms with Crippen LogP contribution in [0.2, 0.25) is 0 Å². The van der Waals surface area contributed by atoms with Crippen molar-refractivity contribution < 1.29 is 19.1 Å². The van der Waals surface area contributed by atoms with Gasteiger partial charge in [-0.2, -0.15) is 0 Å². The maximum Gasteiger partial charge on any atom is 0.408 e. The first kappa shape index (κ1) is 25.0. The van der Waals surface area contributed by atoms with Crippen molar-refractivity contribution in [3.8, 4) is 0 Å². The smallest absolute Gasteiger partial charge is 0.408 e. The molecular weight excluding hydrogens is 366 g/mol. The topological polar surface area (TPSA) is 64.6 Å². The van der Waals surface area contributed by atoms with E-state index < -0.39 is 12.1 Å². The molecule has 1 N–H and O–H groups in total. The summed E-state index contributed by atoms with van der Waals surface area (Å²) in [4.78, 5) is 24.4. The molecule has 1 atom stereocenters. The first-order valence-electron chi connectivity index (χ1n) is 11.3. The van der Waals surface area contributed by atoms with E-state index in [9.17, 15) is 9.59 Å². The summed E-state index contributed by atoms with van der Waals surface area (Å²) < 4.78 is 10.6. The molecule has 5 nitrogen and oxygen atoms in total. The number of carbonyl (C=O) groups excluding carboxylic acids is 2. The predicted molar refractivity (Wildman–Crippen MR) is 117 cm³/mol. The number of unbranched alkanes of at least 4 members (excludes halogenated alkanes) is 8. The van der Waals surface area contributed by atoms with Gasteiger partial charge in [0.15, 0.2) is 0 Å². The van der Waals surface area contributed by atoms with E-state index in [1.165, 1.54) is 38.5 Å². The fourth-order valence-corrected chi connectivity index (χ4v) is 3.07. The summed E-state index contributed by atoms with van der Waals surface area (Å²) in [7, 11) is 0. The van der Waals surface area contributed by atoms with E-state index in [2.05, 4.69) is 19.2 Å². The van der Waals surface area contributed by atoms with Gasteiger partial charge in [-0.3, -0.25) is 0 Å². The minimum Gasteiger partial charge on any atom is -0.464 e. The average Bonchev–Trinajstić information content (AvgIpc) is 2.74. The lowest BCUT2D eigenvalue weighted by Crippen LogP contribution is -2.42. The van der Waals surface area contributed by atoms with Gasteiger partial charge in [0.25, 0.3) is 0 Å². The van der Waals surface area contributed by atoms with Crippen LogP contribution in [-0.4, -0.2) is 24.7 Å². The summed E-state index contributed by atoms with van der Waals surface area (Å²) in [5, 5.41) is 2.67. The molecule has 0 heterocycles. The number of ether oxygens (including phenoxy) is 2. The summed E-state index contributed by atoms with van der Waals surface area (Å²) in [6.07, 6.45) is 11.3. The lowest BCUT2D eigenvalue weighted by Gasteiger charge is -2.17. The fourth-order valence-electron chi connectivity index (χ4n) is 3.07. The molecule has 0 saturated carbocycles. The molecule has 1 amide bonds. The van der Waals surface area contributed by atoms with E-state index in [1.54, 1.807) is 0 Å². The van der Waals surface area contributed by atoms with Crippen molar-refractivity contribution in [3.63, 3.8) is 0 Å². The summed E-state index contributed by atoms with van der Waals surface area (Å²) in [6, 6.07) is 8.83. The molecule has 0 bridgehead atoms. The summed E-state index contributed by atoms with van der Waals surface area (Å²) in [5.41, 5.74) is 0.907. The Labute approximate surface area is 176 Å². The Morgan fingerprint density at radius 1 is 0.828 bits per heavy atom. The number of benzene rings is 1. The van der Waals surface area contributed by atoms with Crippen LogP contribution in [0.15, 0.2) is 30.3 Å². The Hall–Kier alpha value is -2.04. The molecule has 0 aromatic heterocycles. The summed E-state index contributed by atoms with van der Waals surface area (Å²) >= 11 is 0. The highest BCUT2D eigenvalue weighted by molar-refractivity contribution is 5.81. The van der Waals surface area contributed by atoms with Gasteiger partial charge in [0.2, 0.25) is 0 Å². The summed E-state index contributed by atoms with van der Waals surface area (Å²) in [5.74, 6) is -0.363. The summed E-state index contributed by atoms with van der Waals surface area (Å²) in [6.45, 7) is 4.87. The minimum atomic E-state index is -0.646. The second-order valence-corrected chi connectivity index (χ2v) is 7.54. The van der Waals surface area contributed by atoms with Gasteiger partial charge in [-0.05, 0) is 18.4 Å². The Morgan fingerprint density at radius 3 is 2.10 bits per heavy atom. The van der Waals surface area contributed by atoms with Crippen molar-refractivity contribution in [1.29, 1.82) is 0 Å². The highest BCUT2D eigenvalue weighted by atomic mass is 16.6. The quantitative estimate of drug-likeness (QED) is 0.264. The lowest BCUT2D eigenvalue weighted by atomic mass is 10.1. The van der Waals surface area contributed by atoms with E-state index in [1.807, 2.05) is 30.3 Å². The van der Waals surface area contributed by atoms with Gasteiger partial charge in [-0.1, -0.05) is 102 Å². The molecule has 1 aromatic carbocycles. The number of alkyl carbamates (subject to hydrolysis) is 1. The van der Waals surface area contributed by atoms with Crippen molar-refractivity contribution in [3.05, 3.63) is 35.9 Å². The number of hydrogen-bond acceptors (Lipinski definition) is 4. The van der Waals surface area contributed by atoms with Gasteiger partial charge in [-0.25, -0.2) is 9.59 Å². The maximum atomic E-state index is 12.4. The first-order chi connectivity index (χ1) is 14.2. The van der Waals surface area contributed by atoms with Crippen LogP contribution in [0, 0.1) is 0 Å². The van der Waals surface area contributed by atoms with E-state index in [-0.39, 0.29) is 12.6 Å². The second kappa shape index (κ2) is 16.9. The van der Waals surface area contributed by atoms with Gasteiger partial charge in [0.1, 0.15) is 12.6 Å². The highest BCUT2D eigenvalue weighted by Gasteiger charge is 2.22. The SMILES string of the molecule is CCCCCCCCCCOC(=O)C(CCCC)NC(=O)OCc1ccccc1. The van der Waals surface area contributed by atoms with Crippen LogP contribution in [0.25, 0.3) is 0 Å². The number of carbonyl (C=O) groups is 2. The molecule has 0 aliphatic carbocycles. The van der Waals surface area contributed by atoms with Gasteiger partial charge >= 0.3 is 12.1 Å². The largest absolute Gasteiger partial charge is 0.464 e. The molecule has 1 unspecified atom stereocenters. The highest BCUT2D eigenvalue weighted by Crippen LogP contribution is 2.09. The van der Waals surface area contributed by atoms with E-state index in [0.717, 1.165) is 31.2 Å². The molecular formula is C24H39NO4. The molecule has 164 valence electrons. The Bertz CT molecular complexity index is 547. The molecule has 29 heavy (non-hydrogen) atoms. The van der Waals surface area contributed by atoms with Crippen molar-refractivity contribution in [2.24, 2.45) is 0 Å². The number of rotatable bonds is 16. The molecule has 5 heteroatoms. The van der Waals surface area contributed by atoms with Gasteiger partial charge in [0, 0.05) is 0 Å². The van der Waals surface area contributed by atoms with Gasteiger partial charge in [-0.15, -0.1) is 0 Å². The van der Waals surface area contributed by atoms with E-state index in [0.29, 0.717) is 13.0 Å². The molecule has 0 aliphatic heterocycles. The van der Waals surface area contributed by atoms with E-state index >= 15 is 0 Å². The number of nitrogens with one attached hydrogen (secondary N) is 1. The third kappa shape index (κ3) is 12.9. The predicted octanol–water partition coefficient (Wildman–Crippen LogP) is 6.16. The number of esters is 1. The number of hydrogen-bond donors (Lipinski definition) is 1. The van der Waals surface area contributed by atoms with Crippen molar-refractivity contribution in [2.45, 2.75) is 97.1 Å². The number of amides is 1. The molecule has 0 radical (unpaired) electrons.